The Bertz CT molecular complexity index is 522. The first-order valence-corrected chi connectivity index (χ1v) is 6.43. The molecule has 0 aliphatic carbocycles. The highest BCUT2D eigenvalue weighted by Crippen LogP contribution is 2.11. The second-order valence-electron chi connectivity index (χ2n) is 3.72. The summed E-state index contributed by atoms with van der Waals surface area (Å²) < 4.78 is 2.16. The normalized spacial score (nSPS) is 12.0. The van der Waals surface area contributed by atoms with Crippen LogP contribution in [-0.4, -0.2) is 11.1 Å². The molecule has 0 N–H and O–H groups in total. The molecular formula is C13H16N2S. The molecule has 16 heavy (non-hydrogen) atoms. The molecule has 0 aliphatic heterocycles. The van der Waals surface area contributed by atoms with Crippen LogP contribution in [0, 0.1) is 6.92 Å². The number of hydrogen-bond acceptors (Lipinski definition) is 2. The van der Waals surface area contributed by atoms with E-state index in [9.17, 15) is 0 Å². The van der Waals surface area contributed by atoms with Gasteiger partial charge in [0.15, 0.2) is 4.80 Å². The van der Waals surface area contributed by atoms with Gasteiger partial charge in [0, 0.05) is 18.1 Å². The van der Waals surface area contributed by atoms with Crippen LogP contribution in [0.2, 0.25) is 0 Å². The molecule has 0 saturated heterocycles. The fourth-order valence-corrected chi connectivity index (χ4v) is 2.35. The topological polar surface area (TPSA) is 17.3 Å². The Kier molecular flexibility index (Phi) is 3.57. The molecule has 1 aromatic heterocycles. The molecule has 0 bridgehead atoms. The number of rotatable bonds is 3. The SMILES string of the molecule is CCC/N=c1\sccn1-c1ccccc1C. The lowest BCUT2D eigenvalue weighted by atomic mass is 10.2. The van der Waals surface area contributed by atoms with Crippen LogP contribution in [0.25, 0.3) is 5.69 Å². The summed E-state index contributed by atoms with van der Waals surface area (Å²) >= 11 is 1.69. The number of benzene rings is 1. The largest absolute Gasteiger partial charge is 0.293 e. The van der Waals surface area contributed by atoms with Gasteiger partial charge in [0.2, 0.25) is 0 Å². The molecule has 2 nitrogen and oxygen atoms in total. The van der Waals surface area contributed by atoms with Crippen molar-refractivity contribution in [3.05, 3.63) is 46.2 Å². The van der Waals surface area contributed by atoms with Gasteiger partial charge in [-0.2, -0.15) is 0 Å². The maximum Gasteiger partial charge on any atom is 0.189 e. The van der Waals surface area contributed by atoms with Gasteiger partial charge in [0.25, 0.3) is 0 Å². The van der Waals surface area contributed by atoms with E-state index in [1.165, 1.54) is 11.3 Å². The molecule has 0 fully saturated rings. The molecule has 1 aromatic carbocycles. The Labute approximate surface area is 99.9 Å². The molecule has 3 heteroatoms. The van der Waals surface area contributed by atoms with Crippen molar-refractivity contribution in [3.8, 4) is 5.69 Å². The minimum Gasteiger partial charge on any atom is -0.293 e. The first-order valence-electron chi connectivity index (χ1n) is 5.55. The minimum atomic E-state index is 0.895. The average Bonchev–Trinajstić information content (AvgIpc) is 2.75. The van der Waals surface area contributed by atoms with Crippen molar-refractivity contribution in [2.75, 3.05) is 6.54 Å². The lowest BCUT2D eigenvalue weighted by Crippen LogP contribution is -2.13. The van der Waals surface area contributed by atoms with E-state index in [0.29, 0.717) is 0 Å². The van der Waals surface area contributed by atoms with Gasteiger partial charge >= 0.3 is 0 Å². The molecule has 0 amide bonds. The van der Waals surface area contributed by atoms with Crippen molar-refractivity contribution in [3.63, 3.8) is 0 Å². The third-order valence-corrected chi connectivity index (χ3v) is 3.23. The van der Waals surface area contributed by atoms with Crippen LogP contribution in [0.1, 0.15) is 18.9 Å². The standard InChI is InChI=1S/C13H16N2S/c1-3-8-14-13-15(9-10-16-13)12-7-5-4-6-11(12)2/h4-7,9-10H,3,8H2,1-2H3/b14-13-. The van der Waals surface area contributed by atoms with Crippen molar-refractivity contribution in [1.29, 1.82) is 0 Å². The van der Waals surface area contributed by atoms with Crippen LogP contribution in [0.15, 0.2) is 40.8 Å². The van der Waals surface area contributed by atoms with E-state index in [-0.39, 0.29) is 0 Å². The third-order valence-electron chi connectivity index (χ3n) is 2.44. The van der Waals surface area contributed by atoms with E-state index < -0.39 is 0 Å². The summed E-state index contributed by atoms with van der Waals surface area (Å²) in [5.41, 5.74) is 2.50. The molecule has 1 heterocycles. The number of hydrogen-bond donors (Lipinski definition) is 0. The van der Waals surface area contributed by atoms with Gasteiger partial charge in [0.1, 0.15) is 0 Å². The zero-order chi connectivity index (χ0) is 11.4. The number of aryl methyl sites for hydroxylation is 1. The van der Waals surface area contributed by atoms with Gasteiger partial charge in [-0.25, -0.2) is 0 Å². The van der Waals surface area contributed by atoms with Gasteiger partial charge in [-0.05, 0) is 25.0 Å². The van der Waals surface area contributed by atoms with Gasteiger partial charge in [-0.15, -0.1) is 11.3 Å². The quantitative estimate of drug-likeness (QED) is 0.773. The predicted molar refractivity (Wildman–Crippen MR) is 69.1 cm³/mol. The Morgan fingerprint density at radius 1 is 1.31 bits per heavy atom. The minimum absolute atomic E-state index is 0.895. The van der Waals surface area contributed by atoms with Crippen LogP contribution < -0.4 is 4.80 Å². The molecule has 0 atom stereocenters. The highest BCUT2D eigenvalue weighted by molar-refractivity contribution is 7.07. The number of thiazole rings is 1. The number of nitrogens with zero attached hydrogens (tertiary/aromatic N) is 2. The molecule has 84 valence electrons. The van der Waals surface area contributed by atoms with Gasteiger partial charge in [0.05, 0.1) is 5.69 Å². The summed E-state index contributed by atoms with van der Waals surface area (Å²) in [6.07, 6.45) is 3.17. The van der Waals surface area contributed by atoms with E-state index in [1.807, 2.05) is 0 Å². The highest BCUT2D eigenvalue weighted by atomic mass is 32.1. The number of aromatic nitrogens is 1. The van der Waals surface area contributed by atoms with Crippen LogP contribution >= 0.6 is 11.3 Å². The monoisotopic (exact) mass is 232 g/mol. The smallest absolute Gasteiger partial charge is 0.189 e. The average molecular weight is 232 g/mol. The molecular weight excluding hydrogens is 216 g/mol. The highest BCUT2D eigenvalue weighted by Gasteiger charge is 2.01. The molecule has 0 radical (unpaired) electrons. The Hall–Kier alpha value is -1.35. The Morgan fingerprint density at radius 3 is 2.88 bits per heavy atom. The summed E-state index contributed by atoms with van der Waals surface area (Å²) in [4.78, 5) is 5.66. The summed E-state index contributed by atoms with van der Waals surface area (Å²) in [6, 6.07) is 8.39. The Morgan fingerprint density at radius 2 is 2.12 bits per heavy atom. The van der Waals surface area contributed by atoms with E-state index in [1.54, 1.807) is 11.3 Å². The summed E-state index contributed by atoms with van der Waals surface area (Å²) in [5.74, 6) is 0. The summed E-state index contributed by atoms with van der Waals surface area (Å²) in [5, 5.41) is 2.08. The second-order valence-corrected chi connectivity index (χ2v) is 4.60. The van der Waals surface area contributed by atoms with Crippen LogP contribution in [-0.2, 0) is 0 Å². The molecule has 0 spiro atoms. The van der Waals surface area contributed by atoms with Crippen molar-refractivity contribution in [2.24, 2.45) is 4.99 Å². The second kappa shape index (κ2) is 5.12. The summed E-state index contributed by atoms with van der Waals surface area (Å²) in [6.45, 7) is 5.17. The van der Waals surface area contributed by atoms with Crippen molar-refractivity contribution < 1.29 is 0 Å². The molecule has 0 saturated carbocycles. The maximum atomic E-state index is 4.58. The summed E-state index contributed by atoms with van der Waals surface area (Å²) in [7, 11) is 0. The van der Waals surface area contributed by atoms with E-state index >= 15 is 0 Å². The van der Waals surface area contributed by atoms with E-state index in [2.05, 4.69) is 59.2 Å². The Balaban J connectivity index is 2.49. The molecule has 2 rings (SSSR count). The first-order chi connectivity index (χ1) is 7.83. The molecule has 2 aromatic rings. The predicted octanol–water partition coefficient (Wildman–Crippen LogP) is 3.16. The first kappa shape index (κ1) is 11.1. The third kappa shape index (κ3) is 2.25. The fraction of sp³-hybridized carbons (Fsp3) is 0.308. The van der Waals surface area contributed by atoms with Gasteiger partial charge in [-0.3, -0.25) is 9.56 Å². The number of para-hydroxylation sites is 1. The lowest BCUT2D eigenvalue weighted by molar-refractivity contribution is 0.868. The van der Waals surface area contributed by atoms with Crippen molar-refractivity contribution in [2.45, 2.75) is 20.3 Å². The van der Waals surface area contributed by atoms with Crippen LogP contribution in [0.5, 0.6) is 0 Å². The maximum absolute atomic E-state index is 4.58. The van der Waals surface area contributed by atoms with E-state index in [0.717, 1.165) is 17.8 Å². The van der Waals surface area contributed by atoms with Gasteiger partial charge in [-0.1, -0.05) is 25.1 Å². The van der Waals surface area contributed by atoms with Gasteiger partial charge < -0.3 is 0 Å². The van der Waals surface area contributed by atoms with Crippen LogP contribution in [0.4, 0.5) is 0 Å². The lowest BCUT2D eigenvalue weighted by Gasteiger charge is -2.06. The fourth-order valence-electron chi connectivity index (χ4n) is 1.61. The van der Waals surface area contributed by atoms with Crippen molar-refractivity contribution in [1.82, 2.24) is 4.57 Å². The molecule has 0 unspecified atom stereocenters. The van der Waals surface area contributed by atoms with Crippen LogP contribution in [0.3, 0.4) is 0 Å². The zero-order valence-electron chi connectivity index (χ0n) is 9.68. The van der Waals surface area contributed by atoms with E-state index in [4.69, 9.17) is 0 Å². The zero-order valence-corrected chi connectivity index (χ0v) is 10.5. The van der Waals surface area contributed by atoms with Crippen molar-refractivity contribution >= 4 is 11.3 Å². The molecule has 0 aliphatic rings.